The summed E-state index contributed by atoms with van der Waals surface area (Å²) >= 11 is 0. The number of ether oxygens (including phenoxy) is 1. The molecule has 0 radical (unpaired) electrons. The normalized spacial score (nSPS) is 11.5. The van der Waals surface area contributed by atoms with Crippen molar-refractivity contribution >= 4 is 11.5 Å². The Morgan fingerprint density at radius 2 is 1.73 bits per heavy atom. The van der Waals surface area contributed by atoms with E-state index in [0.29, 0.717) is 28.5 Å². The number of aromatic nitrogens is 3. The van der Waals surface area contributed by atoms with Crippen molar-refractivity contribution in [3.8, 4) is 22.7 Å². The molecular weight excluding hydrogens is 376 g/mol. The fraction of sp³-hybridized carbons (Fsp3) is 0.125. The summed E-state index contributed by atoms with van der Waals surface area (Å²) < 4.78 is 6.75. The molecule has 4 rings (SSSR count). The van der Waals surface area contributed by atoms with Crippen LogP contribution >= 0.6 is 0 Å². The van der Waals surface area contributed by atoms with Crippen LogP contribution in [0.1, 0.15) is 18.2 Å². The first-order chi connectivity index (χ1) is 14.6. The minimum absolute atomic E-state index is 0.173. The number of benzene rings is 2. The number of nitrogens with one attached hydrogen (secondary N) is 1. The van der Waals surface area contributed by atoms with E-state index in [1.54, 1.807) is 7.11 Å². The maximum Gasteiger partial charge on any atom is 0.280 e. The SMILES string of the molecule is COc1ccc(-n2[nH]c(-c3ccccc3)c(C(C)=Nc3cccc(C)n3)c2=O)cc1. The van der Waals surface area contributed by atoms with E-state index in [-0.39, 0.29) is 5.56 Å². The van der Waals surface area contributed by atoms with Gasteiger partial charge >= 0.3 is 0 Å². The molecule has 0 bridgehead atoms. The lowest BCUT2D eigenvalue weighted by Crippen LogP contribution is -2.19. The van der Waals surface area contributed by atoms with E-state index >= 15 is 0 Å². The van der Waals surface area contributed by atoms with Crippen LogP contribution in [0.2, 0.25) is 0 Å². The van der Waals surface area contributed by atoms with Crippen molar-refractivity contribution in [2.75, 3.05) is 7.11 Å². The molecule has 6 nitrogen and oxygen atoms in total. The van der Waals surface area contributed by atoms with Gasteiger partial charge in [0.15, 0.2) is 5.82 Å². The quantitative estimate of drug-likeness (QED) is 0.496. The molecule has 1 N–H and O–H groups in total. The number of aliphatic imine (C=N–C) groups is 1. The summed E-state index contributed by atoms with van der Waals surface area (Å²) in [6.07, 6.45) is 0. The molecule has 0 spiro atoms. The van der Waals surface area contributed by atoms with Crippen LogP contribution in [0, 0.1) is 6.92 Å². The van der Waals surface area contributed by atoms with E-state index in [1.807, 2.05) is 86.6 Å². The van der Waals surface area contributed by atoms with Crippen LogP contribution in [0.5, 0.6) is 5.75 Å². The first kappa shape index (κ1) is 19.4. The van der Waals surface area contributed by atoms with E-state index in [2.05, 4.69) is 15.1 Å². The van der Waals surface area contributed by atoms with Crippen LogP contribution in [-0.2, 0) is 0 Å². The highest BCUT2D eigenvalue weighted by Gasteiger charge is 2.19. The first-order valence-corrected chi connectivity index (χ1v) is 9.61. The lowest BCUT2D eigenvalue weighted by atomic mass is 10.1. The maximum atomic E-state index is 13.4. The molecule has 0 amide bonds. The number of hydrogen-bond donors (Lipinski definition) is 1. The molecule has 0 saturated carbocycles. The van der Waals surface area contributed by atoms with Gasteiger partial charge in [-0.3, -0.25) is 9.89 Å². The Morgan fingerprint density at radius 3 is 2.40 bits per heavy atom. The molecule has 150 valence electrons. The molecule has 0 aliphatic rings. The number of aryl methyl sites for hydroxylation is 1. The largest absolute Gasteiger partial charge is 0.497 e. The van der Waals surface area contributed by atoms with Gasteiger partial charge in [0.2, 0.25) is 0 Å². The number of rotatable bonds is 5. The third-order valence-electron chi connectivity index (χ3n) is 4.80. The summed E-state index contributed by atoms with van der Waals surface area (Å²) in [7, 11) is 1.61. The summed E-state index contributed by atoms with van der Waals surface area (Å²) in [5.74, 6) is 1.30. The molecule has 2 heterocycles. The summed E-state index contributed by atoms with van der Waals surface area (Å²) in [5.41, 5.74) is 4.14. The Bertz CT molecular complexity index is 1250. The number of H-pyrrole nitrogens is 1. The molecule has 0 aliphatic heterocycles. The molecule has 2 aromatic carbocycles. The molecule has 0 fully saturated rings. The Hall–Kier alpha value is -3.93. The van der Waals surface area contributed by atoms with Crippen molar-refractivity contribution in [2.24, 2.45) is 4.99 Å². The number of nitrogens with zero attached hydrogens (tertiary/aromatic N) is 3. The van der Waals surface area contributed by atoms with Gasteiger partial charge in [-0.05, 0) is 50.2 Å². The molecule has 2 aromatic heterocycles. The summed E-state index contributed by atoms with van der Waals surface area (Å²) in [4.78, 5) is 22.5. The van der Waals surface area contributed by atoms with Crippen molar-refractivity contribution < 1.29 is 4.74 Å². The van der Waals surface area contributed by atoms with Gasteiger partial charge in [-0.1, -0.05) is 36.4 Å². The van der Waals surface area contributed by atoms with Crippen molar-refractivity contribution in [2.45, 2.75) is 13.8 Å². The van der Waals surface area contributed by atoms with Crippen LogP contribution in [0.25, 0.3) is 16.9 Å². The summed E-state index contributed by atoms with van der Waals surface area (Å²) in [6.45, 7) is 3.75. The van der Waals surface area contributed by atoms with Crippen LogP contribution in [0.3, 0.4) is 0 Å². The number of pyridine rings is 1. The second kappa shape index (κ2) is 8.21. The van der Waals surface area contributed by atoms with E-state index < -0.39 is 0 Å². The number of aromatic amines is 1. The van der Waals surface area contributed by atoms with E-state index in [9.17, 15) is 4.79 Å². The maximum absolute atomic E-state index is 13.4. The molecule has 30 heavy (non-hydrogen) atoms. The fourth-order valence-electron chi connectivity index (χ4n) is 3.32. The zero-order chi connectivity index (χ0) is 21.1. The third kappa shape index (κ3) is 3.80. The summed E-state index contributed by atoms with van der Waals surface area (Å²) in [6, 6.07) is 22.7. The van der Waals surface area contributed by atoms with E-state index in [0.717, 1.165) is 17.0 Å². The standard InChI is InChI=1S/C24H22N4O2/c1-16-8-7-11-21(25-16)26-17(2)22-23(18-9-5-4-6-10-18)27-28(24(22)29)19-12-14-20(30-3)15-13-19/h4-15,27H,1-3H3. The number of hydrogen-bond acceptors (Lipinski definition) is 4. The van der Waals surface area contributed by atoms with Crippen molar-refractivity contribution in [3.63, 3.8) is 0 Å². The highest BCUT2D eigenvalue weighted by atomic mass is 16.5. The van der Waals surface area contributed by atoms with Gasteiger partial charge in [-0.15, -0.1) is 0 Å². The monoisotopic (exact) mass is 398 g/mol. The molecule has 0 aliphatic carbocycles. The van der Waals surface area contributed by atoms with E-state index in [1.165, 1.54) is 4.68 Å². The summed E-state index contributed by atoms with van der Waals surface area (Å²) in [5, 5.41) is 3.26. The molecule has 4 aromatic rings. The lowest BCUT2D eigenvalue weighted by molar-refractivity contribution is 0.414. The molecule has 0 saturated heterocycles. The van der Waals surface area contributed by atoms with Crippen LogP contribution in [0.4, 0.5) is 5.82 Å². The van der Waals surface area contributed by atoms with E-state index in [4.69, 9.17) is 4.74 Å². The van der Waals surface area contributed by atoms with Crippen molar-refractivity contribution in [3.05, 3.63) is 94.4 Å². The average Bonchev–Trinajstić information content (AvgIpc) is 3.11. The second-order valence-corrected chi connectivity index (χ2v) is 6.90. The smallest absolute Gasteiger partial charge is 0.280 e. The van der Waals surface area contributed by atoms with Gasteiger partial charge < -0.3 is 4.74 Å². The van der Waals surface area contributed by atoms with Crippen molar-refractivity contribution in [1.29, 1.82) is 0 Å². The van der Waals surface area contributed by atoms with Crippen LogP contribution < -0.4 is 10.3 Å². The first-order valence-electron chi connectivity index (χ1n) is 9.61. The highest BCUT2D eigenvalue weighted by molar-refractivity contribution is 6.04. The minimum Gasteiger partial charge on any atom is -0.497 e. The van der Waals surface area contributed by atoms with Gasteiger partial charge in [0.05, 0.1) is 29.8 Å². The third-order valence-corrected chi connectivity index (χ3v) is 4.80. The second-order valence-electron chi connectivity index (χ2n) is 6.90. The van der Waals surface area contributed by atoms with Gasteiger partial charge in [-0.2, -0.15) is 0 Å². The highest BCUT2D eigenvalue weighted by Crippen LogP contribution is 2.23. The molecule has 0 atom stereocenters. The predicted molar refractivity (Wildman–Crippen MR) is 119 cm³/mol. The van der Waals surface area contributed by atoms with Crippen LogP contribution in [-0.4, -0.2) is 27.6 Å². The molecule has 0 unspecified atom stereocenters. The van der Waals surface area contributed by atoms with Crippen molar-refractivity contribution in [1.82, 2.24) is 14.8 Å². The number of methoxy groups -OCH3 is 1. The molecular formula is C24H22N4O2. The topological polar surface area (TPSA) is 72.3 Å². The predicted octanol–water partition coefficient (Wildman–Crippen LogP) is 4.69. The van der Waals surface area contributed by atoms with Gasteiger partial charge in [-0.25, -0.2) is 14.7 Å². The van der Waals surface area contributed by atoms with Gasteiger partial charge in [0.1, 0.15) is 5.75 Å². The zero-order valence-electron chi connectivity index (χ0n) is 17.1. The van der Waals surface area contributed by atoms with Crippen LogP contribution in [0.15, 0.2) is 82.6 Å². The minimum atomic E-state index is -0.173. The fourth-order valence-corrected chi connectivity index (χ4v) is 3.32. The Labute approximate surface area is 174 Å². The lowest BCUT2D eigenvalue weighted by Gasteiger charge is -2.04. The van der Waals surface area contributed by atoms with Gasteiger partial charge in [0.25, 0.3) is 5.56 Å². The van der Waals surface area contributed by atoms with Gasteiger partial charge in [0, 0.05) is 11.3 Å². The molecule has 6 heteroatoms. The Morgan fingerprint density at radius 1 is 1.00 bits per heavy atom. The Balaban J connectivity index is 1.89. The average molecular weight is 398 g/mol. The zero-order valence-corrected chi connectivity index (χ0v) is 17.1. The Kier molecular flexibility index (Phi) is 5.30.